The van der Waals surface area contributed by atoms with Gasteiger partial charge in [-0.2, -0.15) is 4.36 Å². The van der Waals surface area contributed by atoms with E-state index in [1.165, 1.54) is 24.6 Å². The third-order valence-electron chi connectivity index (χ3n) is 2.98. The van der Waals surface area contributed by atoms with Crippen molar-refractivity contribution in [3.63, 3.8) is 0 Å². The molecule has 0 fully saturated rings. The van der Waals surface area contributed by atoms with Gasteiger partial charge in [0.15, 0.2) is 5.69 Å². The van der Waals surface area contributed by atoms with Gasteiger partial charge in [0.05, 0.1) is 0 Å². The van der Waals surface area contributed by atoms with Gasteiger partial charge < -0.3 is 9.84 Å². The second-order valence-electron chi connectivity index (χ2n) is 5.54. The van der Waals surface area contributed by atoms with Gasteiger partial charge in [-0.05, 0) is 30.7 Å². The molecule has 0 aliphatic heterocycles. The van der Waals surface area contributed by atoms with E-state index in [2.05, 4.69) is 14.8 Å². The Kier molecular flexibility index (Phi) is 5.50. The van der Waals surface area contributed by atoms with Crippen molar-refractivity contribution >= 4 is 27.2 Å². The third kappa shape index (κ3) is 5.02. The summed E-state index contributed by atoms with van der Waals surface area (Å²) in [4.78, 5) is 23.9. The highest BCUT2D eigenvalue weighted by Crippen LogP contribution is 2.13. The smallest absolute Gasteiger partial charge is 0.285 e. The van der Waals surface area contributed by atoms with Crippen LogP contribution in [-0.4, -0.2) is 33.7 Å². The molecule has 0 atom stereocenters. The highest BCUT2D eigenvalue weighted by molar-refractivity contribution is 7.92. The number of hydrogen-bond donors (Lipinski definition) is 1. The largest absolute Gasteiger partial charge is 0.361 e. The van der Waals surface area contributed by atoms with E-state index in [4.69, 9.17) is 4.52 Å². The summed E-state index contributed by atoms with van der Waals surface area (Å²) >= 11 is 0. The van der Waals surface area contributed by atoms with E-state index in [-0.39, 0.29) is 5.69 Å². The molecule has 1 aromatic heterocycles. The molecule has 1 aromatic carbocycles. The molecule has 8 heteroatoms. The fraction of sp³-hybridized carbons (Fsp3) is 0.312. The lowest BCUT2D eigenvalue weighted by molar-refractivity contribution is 0.100. The number of aromatic nitrogens is 1. The van der Waals surface area contributed by atoms with Crippen LogP contribution in [0.3, 0.4) is 0 Å². The second kappa shape index (κ2) is 7.39. The summed E-state index contributed by atoms with van der Waals surface area (Å²) in [5, 5.41) is 6.40. The Morgan fingerprint density at radius 3 is 2.50 bits per heavy atom. The first kappa shape index (κ1) is 17.9. The van der Waals surface area contributed by atoms with Gasteiger partial charge in [0, 0.05) is 46.0 Å². The molecule has 2 aromatic rings. The van der Waals surface area contributed by atoms with E-state index in [0.717, 1.165) is 12.8 Å². The van der Waals surface area contributed by atoms with Gasteiger partial charge >= 0.3 is 0 Å². The van der Waals surface area contributed by atoms with Crippen molar-refractivity contribution < 1.29 is 18.3 Å². The minimum Gasteiger partial charge on any atom is -0.361 e. The van der Waals surface area contributed by atoms with Gasteiger partial charge in [0.1, 0.15) is 5.76 Å². The summed E-state index contributed by atoms with van der Waals surface area (Å²) in [6, 6.07) is 7.77. The van der Waals surface area contributed by atoms with Crippen LogP contribution in [0.25, 0.3) is 0 Å². The molecule has 0 unspecified atom stereocenters. The fourth-order valence-electron chi connectivity index (χ4n) is 1.93. The number of aryl methyl sites for hydroxylation is 1. The Morgan fingerprint density at radius 1 is 1.25 bits per heavy atom. The maximum absolute atomic E-state index is 12.1. The van der Waals surface area contributed by atoms with Gasteiger partial charge in [0.25, 0.3) is 11.8 Å². The van der Waals surface area contributed by atoms with Crippen LogP contribution >= 0.6 is 0 Å². The topological polar surface area (TPSA) is 102 Å². The number of benzene rings is 1. The number of anilines is 1. The average Bonchev–Trinajstić information content (AvgIpc) is 2.95. The number of rotatable bonds is 5. The molecule has 0 saturated heterocycles. The van der Waals surface area contributed by atoms with Crippen LogP contribution in [0.15, 0.2) is 39.2 Å². The number of nitrogens with zero attached hydrogens (tertiary/aromatic N) is 2. The molecule has 2 amide bonds. The molecule has 0 bridgehead atoms. The summed E-state index contributed by atoms with van der Waals surface area (Å²) in [7, 11) is -2.50. The highest BCUT2D eigenvalue weighted by Gasteiger charge is 2.13. The maximum Gasteiger partial charge on any atom is 0.285 e. The number of nitrogens with one attached hydrogen (secondary N) is 1. The summed E-state index contributed by atoms with van der Waals surface area (Å²) in [5.41, 5.74) is 1.01. The van der Waals surface area contributed by atoms with Crippen LogP contribution in [0.2, 0.25) is 0 Å². The molecular formula is C16H19N3O4S. The Balaban J connectivity index is 2.07. The highest BCUT2D eigenvalue weighted by atomic mass is 32.2. The zero-order valence-electron chi connectivity index (χ0n) is 13.7. The van der Waals surface area contributed by atoms with E-state index in [1.54, 1.807) is 18.2 Å². The predicted octanol–water partition coefficient (Wildman–Crippen LogP) is 2.75. The normalized spacial score (nSPS) is 11.1. The zero-order chi connectivity index (χ0) is 17.7. The molecule has 0 aliphatic carbocycles. The van der Waals surface area contributed by atoms with Gasteiger partial charge in [-0.25, -0.2) is 4.21 Å². The SMILES string of the molecule is CCCc1cc(C(=O)Nc2ccc(C(=O)N=S(C)(C)=O)cc2)no1. The van der Waals surface area contributed by atoms with E-state index in [1.807, 2.05) is 6.92 Å². The number of hydrogen-bond acceptors (Lipinski definition) is 5. The minimum absolute atomic E-state index is 0.199. The van der Waals surface area contributed by atoms with Crippen LogP contribution in [-0.2, 0) is 16.1 Å². The molecular weight excluding hydrogens is 330 g/mol. The van der Waals surface area contributed by atoms with Gasteiger partial charge in [0.2, 0.25) is 0 Å². The zero-order valence-corrected chi connectivity index (χ0v) is 14.6. The third-order valence-corrected chi connectivity index (χ3v) is 3.59. The summed E-state index contributed by atoms with van der Waals surface area (Å²) in [6.07, 6.45) is 4.41. The molecule has 0 radical (unpaired) electrons. The van der Waals surface area contributed by atoms with Crippen molar-refractivity contribution in [2.75, 3.05) is 17.8 Å². The average molecular weight is 349 g/mol. The Labute approximate surface area is 140 Å². The van der Waals surface area contributed by atoms with Gasteiger partial charge in [-0.1, -0.05) is 12.1 Å². The van der Waals surface area contributed by atoms with Crippen molar-refractivity contribution in [1.29, 1.82) is 0 Å². The molecule has 2 rings (SSSR count). The lowest BCUT2D eigenvalue weighted by atomic mass is 10.2. The summed E-state index contributed by atoms with van der Waals surface area (Å²) in [6.45, 7) is 2.01. The lowest BCUT2D eigenvalue weighted by Gasteiger charge is -2.03. The first-order valence-electron chi connectivity index (χ1n) is 7.37. The summed E-state index contributed by atoms with van der Waals surface area (Å²) < 4.78 is 20.2. The lowest BCUT2D eigenvalue weighted by Crippen LogP contribution is -2.12. The van der Waals surface area contributed by atoms with E-state index >= 15 is 0 Å². The molecule has 24 heavy (non-hydrogen) atoms. The Bertz CT molecular complexity index is 854. The number of carbonyl (C=O) groups excluding carboxylic acids is 2. The Hall–Kier alpha value is -2.48. The van der Waals surface area contributed by atoms with E-state index < -0.39 is 21.5 Å². The molecule has 0 saturated carbocycles. The van der Waals surface area contributed by atoms with Gasteiger partial charge in [-0.3, -0.25) is 9.59 Å². The first-order valence-corrected chi connectivity index (χ1v) is 9.70. The van der Waals surface area contributed by atoms with Crippen LogP contribution in [0.1, 0.15) is 40.0 Å². The van der Waals surface area contributed by atoms with E-state index in [9.17, 15) is 13.8 Å². The van der Waals surface area contributed by atoms with Crippen molar-refractivity contribution in [3.05, 3.63) is 47.3 Å². The predicted molar refractivity (Wildman–Crippen MR) is 91.6 cm³/mol. The minimum atomic E-state index is -2.50. The second-order valence-corrected chi connectivity index (χ2v) is 8.08. The molecule has 7 nitrogen and oxygen atoms in total. The summed E-state index contributed by atoms with van der Waals surface area (Å²) in [5.74, 6) is -0.286. The van der Waals surface area contributed by atoms with Crippen molar-refractivity contribution in [1.82, 2.24) is 5.16 Å². The molecule has 1 heterocycles. The molecule has 0 spiro atoms. The molecule has 1 N–H and O–H groups in total. The monoisotopic (exact) mass is 349 g/mol. The van der Waals surface area contributed by atoms with Crippen molar-refractivity contribution in [2.45, 2.75) is 19.8 Å². The van der Waals surface area contributed by atoms with Crippen LogP contribution in [0.4, 0.5) is 5.69 Å². The van der Waals surface area contributed by atoms with E-state index in [0.29, 0.717) is 17.0 Å². The standard InChI is InChI=1S/C16H19N3O4S/c1-4-5-13-10-14(18-23-13)16(21)17-12-8-6-11(7-9-12)15(20)19-24(2,3)22/h6-10H,4-5H2,1-3H3,(H,17,21). The van der Waals surface area contributed by atoms with Crippen LogP contribution in [0, 0.1) is 0 Å². The quantitative estimate of drug-likeness (QED) is 0.894. The number of carbonyl (C=O) groups is 2. The van der Waals surface area contributed by atoms with Crippen LogP contribution < -0.4 is 5.32 Å². The van der Waals surface area contributed by atoms with Crippen LogP contribution in [0.5, 0.6) is 0 Å². The van der Waals surface area contributed by atoms with Crippen molar-refractivity contribution in [3.8, 4) is 0 Å². The fourth-order valence-corrected chi connectivity index (χ4v) is 2.43. The molecule has 0 aliphatic rings. The first-order chi connectivity index (χ1) is 11.3. The van der Waals surface area contributed by atoms with Crippen molar-refractivity contribution in [2.24, 2.45) is 4.36 Å². The molecule has 128 valence electrons. The Morgan fingerprint density at radius 2 is 1.92 bits per heavy atom. The number of amides is 2. The van der Waals surface area contributed by atoms with Gasteiger partial charge in [-0.15, -0.1) is 0 Å². The maximum atomic E-state index is 12.1.